The van der Waals surface area contributed by atoms with Gasteiger partial charge in [0.2, 0.25) is 5.95 Å². The number of halogens is 3. The van der Waals surface area contributed by atoms with Crippen LogP contribution in [0.3, 0.4) is 0 Å². The van der Waals surface area contributed by atoms with Gasteiger partial charge in [-0.3, -0.25) is 0 Å². The minimum absolute atomic E-state index is 0.00653. The molecule has 1 aromatic carbocycles. The number of rotatable bonds is 5. The maximum absolute atomic E-state index is 13.2. The Morgan fingerprint density at radius 2 is 2.00 bits per heavy atom. The smallest absolute Gasteiger partial charge is 0.416 e. The highest BCUT2D eigenvalue weighted by atomic mass is 19.4. The van der Waals surface area contributed by atoms with Gasteiger partial charge in [-0.2, -0.15) is 22.8 Å². The molecule has 3 aromatic rings. The first-order valence-electron chi connectivity index (χ1n) is 7.71. The Balaban J connectivity index is 2.21. The van der Waals surface area contributed by atoms with Crippen LogP contribution in [0.4, 0.5) is 19.1 Å². The molecule has 0 aliphatic carbocycles. The molecule has 0 fully saturated rings. The number of benzene rings is 1. The standard InChI is InChI=1S/C16H16F3N5O2/c1-3-25-8-26-12-7-10(16(17,18)19)6-9(2)13(12)14-11-4-5-21-24(11)15(20)23-22-14/h4-7H,3,8H2,1-2H3,(H2,20,23). The van der Waals surface area contributed by atoms with E-state index in [9.17, 15) is 13.2 Å². The molecule has 10 heteroatoms. The zero-order valence-corrected chi connectivity index (χ0v) is 14.0. The molecule has 2 aromatic heterocycles. The molecule has 0 saturated heterocycles. The van der Waals surface area contributed by atoms with Crippen LogP contribution in [0.2, 0.25) is 0 Å². The molecular weight excluding hydrogens is 351 g/mol. The van der Waals surface area contributed by atoms with Gasteiger partial charge >= 0.3 is 6.18 Å². The third kappa shape index (κ3) is 3.27. The first-order chi connectivity index (χ1) is 12.3. The van der Waals surface area contributed by atoms with Gasteiger partial charge in [0.1, 0.15) is 11.4 Å². The maximum atomic E-state index is 13.2. The highest BCUT2D eigenvalue weighted by molar-refractivity contribution is 5.83. The minimum atomic E-state index is -4.51. The molecule has 0 radical (unpaired) electrons. The summed E-state index contributed by atoms with van der Waals surface area (Å²) < 4.78 is 51.5. The Morgan fingerprint density at radius 1 is 1.23 bits per heavy atom. The molecule has 2 N–H and O–H groups in total. The van der Waals surface area contributed by atoms with Gasteiger partial charge < -0.3 is 15.2 Å². The summed E-state index contributed by atoms with van der Waals surface area (Å²) in [5.74, 6) is 0.0584. The first-order valence-corrected chi connectivity index (χ1v) is 7.71. The Labute approximate surface area is 146 Å². The number of hydrogen-bond acceptors (Lipinski definition) is 6. The zero-order chi connectivity index (χ0) is 18.9. The summed E-state index contributed by atoms with van der Waals surface area (Å²) in [4.78, 5) is 0. The fourth-order valence-corrected chi connectivity index (χ4v) is 2.56. The predicted molar refractivity (Wildman–Crippen MR) is 87.5 cm³/mol. The van der Waals surface area contributed by atoms with Gasteiger partial charge in [-0.1, -0.05) is 0 Å². The second kappa shape index (κ2) is 6.79. The van der Waals surface area contributed by atoms with E-state index in [0.717, 1.165) is 12.1 Å². The van der Waals surface area contributed by atoms with Crippen LogP contribution >= 0.6 is 0 Å². The SMILES string of the molecule is CCOCOc1cc(C(F)(F)F)cc(C)c1-c1nnc(N)n2nccc12. The van der Waals surface area contributed by atoms with Crippen molar-refractivity contribution < 1.29 is 22.6 Å². The van der Waals surface area contributed by atoms with Gasteiger partial charge in [-0.05, 0) is 37.6 Å². The number of ether oxygens (including phenoxy) is 2. The fraction of sp³-hybridized carbons (Fsp3) is 0.312. The van der Waals surface area contributed by atoms with Crippen molar-refractivity contribution in [2.24, 2.45) is 0 Å². The minimum Gasteiger partial charge on any atom is -0.467 e. The average molecular weight is 367 g/mol. The van der Waals surface area contributed by atoms with Gasteiger partial charge in [-0.15, -0.1) is 10.2 Å². The number of nitrogen functional groups attached to an aromatic ring is 1. The molecule has 26 heavy (non-hydrogen) atoms. The van der Waals surface area contributed by atoms with E-state index in [1.165, 1.54) is 10.7 Å². The third-order valence-electron chi connectivity index (χ3n) is 3.72. The summed E-state index contributed by atoms with van der Waals surface area (Å²) in [5, 5.41) is 11.9. The third-order valence-corrected chi connectivity index (χ3v) is 3.72. The molecule has 0 aliphatic heterocycles. The molecule has 0 spiro atoms. The molecular formula is C16H16F3N5O2. The van der Waals surface area contributed by atoms with Crippen molar-refractivity contribution in [1.29, 1.82) is 0 Å². The number of hydrogen-bond donors (Lipinski definition) is 1. The number of fused-ring (bicyclic) bond motifs is 1. The van der Waals surface area contributed by atoms with Crippen molar-refractivity contribution in [1.82, 2.24) is 19.8 Å². The van der Waals surface area contributed by atoms with Gasteiger partial charge in [-0.25, -0.2) is 0 Å². The molecule has 7 nitrogen and oxygen atoms in total. The normalized spacial score (nSPS) is 11.9. The van der Waals surface area contributed by atoms with Crippen LogP contribution in [0.15, 0.2) is 24.4 Å². The van der Waals surface area contributed by atoms with Crippen molar-refractivity contribution >= 4 is 11.5 Å². The van der Waals surface area contributed by atoms with Crippen LogP contribution in [0.5, 0.6) is 5.75 Å². The van der Waals surface area contributed by atoms with Crippen LogP contribution < -0.4 is 10.5 Å². The quantitative estimate of drug-likeness (QED) is 0.551. The van der Waals surface area contributed by atoms with Gasteiger partial charge in [0.05, 0.1) is 17.3 Å². The summed E-state index contributed by atoms with van der Waals surface area (Å²) in [6.07, 6.45) is -3.01. The number of aromatic nitrogens is 4. The van der Waals surface area contributed by atoms with Crippen LogP contribution in [-0.4, -0.2) is 33.2 Å². The van der Waals surface area contributed by atoms with E-state index in [4.69, 9.17) is 15.2 Å². The van der Waals surface area contributed by atoms with E-state index >= 15 is 0 Å². The summed E-state index contributed by atoms with van der Waals surface area (Å²) in [7, 11) is 0. The Hall–Kier alpha value is -2.88. The van der Waals surface area contributed by atoms with Crippen LogP contribution in [0.25, 0.3) is 16.8 Å². The topological polar surface area (TPSA) is 87.6 Å². The van der Waals surface area contributed by atoms with Gasteiger partial charge in [0.15, 0.2) is 6.79 Å². The molecule has 2 heterocycles. The predicted octanol–water partition coefficient (Wildman–Crippen LogP) is 3.07. The maximum Gasteiger partial charge on any atom is 0.416 e. The lowest BCUT2D eigenvalue weighted by Gasteiger charge is -2.17. The van der Waals surface area contributed by atoms with Crippen molar-refractivity contribution in [3.05, 3.63) is 35.5 Å². The monoisotopic (exact) mass is 367 g/mol. The van der Waals surface area contributed by atoms with E-state index < -0.39 is 11.7 Å². The van der Waals surface area contributed by atoms with Crippen molar-refractivity contribution in [2.45, 2.75) is 20.0 Å². The lowest BCUT2D eigenvalue weighted by atomic mass is 10.00. The number of aryl methyl sites for hydroxylation is 1. The summed E-state index contributed by atoms with van der Waals surface area (Å²) >= 11 is 0. The molecule has 0 aliphatic rings. The molecule has 0 unspecified atom stereocenters. The number of anilines is 1. The molecule has 0 amide bonds. The van der Waals surface area contributed by atoms with Crippen LogP contribution in [0.1, 0.15) is 18.1 Å². The summed E-state index contributed by atoms with van der Waals surface area (Å²) in [6, 6.07) is 3.60. The van der Waals surface area contributed by atoms with Crippen molar-refractivity contribution in [2.75, 3.05) is 19.1 Å². The van der Waals surface area contributed by atoms with Crippen molar-refractivity contribution in [3.8, 4) is 17.0 Å². The molecule has 0 bridgehead atoms. The number of alkyl halides is 3. The lowest BCUT2D eigenvalue weighted by Crippen LogP contribution is -2.10. The second-order valence-corrected chi connectivity index (χ2v) is 5.45. The van der Waals surface area contributed by atoms with E-state index in [1.807, 2.05) is 0 Å². The van der Waals surface area contributed by atoms with E-state index in [2.05, 4.69) is 15.3 Å². The molecule has 3 rings (SSSR count). The fourth-order valence-electron chi connectivity index (χ4n) is 2.56. The van der Waals surface area contributed by atoms with Crippen molar-refractivity contribution in [3.63, 3.8) is 0 Å². The summed E-state index contributed by atoms with van der Waals surface area (Å²) in [5.41, 5.74) is 6.42. The van der Waals surface area contributed by atoms with Crippen LogP contribution in [0, 0.1) is 6.92 Å². The highest BCUT2D eigenvalue weighted by Gasteiger charge is 2.33. The largest absolute Gasteiger partial charge is 0.467 e. The Bertz CT molecular complexity index is 940. The lowest BCUT2D eigenvalue weighted by molar-refractivity contribution is -0.137. The Kier molecular flexibility index (Phi) is 4.68. The zero-order valence-electron chi connectivity index (χ0n) is 14.0. The molecule has 138 valence electrons. The average Bonchev–Trinajstić information content (AvgIpc) is 3.06. The molecule has 0 atom stereocenters. The van der Waals surface area contributed by atoms with Gasteiger partial charge in [0, 0.05) is 12.2 Å². The van der Waals surface area contributed by atoms with Crippen LogP contribution in [-0.2, 0) is 10.9 Å². The summed E-state index contributed by atoms with van der Waals surface area (Å²) in [6.45, 7) is 3.47. The molecule has 0 saturated carbocycles. The first kappa shape index (κ1) is 17.9. The second-order valence-electron chi connectivity index (χ2n) is 5.45. The Morgan fingerprint density at radius 3 is 2.69 bits per heavy atom. The number of nitrogens with zero attached hydrogens (tertiary/aromatic N) is 4. The highest BCUT2D eigenvalue weighted by Crippen LogP contribution is 2.40. The number of nitrogens with two attached hydrogens (primary N) is 1. The van der Waals surface area contributed by atoms with E-state index in [1.54, 1.807) is 19.9 Å². The van der Waals surface area contributed by atoms with E-state index in [0.29, 0.717) is 28.9 Å². The van der Waals surface area contributed by atoms with E-state index in [-0.39, 0.29) is 18.5 Å². The van der Waals surface area contributed by atoms with Gasteiger partial charge in [0.25, 0.3) is 0 Å².